The Hall–Kier alpha value is -1.82. The third-order valence-corrected chi connectivity index (χ3v) is 4.12. The number of aryl methyl sites for hydroxylation is 1. The Kier molecular flexibility index (Phi) is 5.80. The highest BCUT2D eigenvalue weighted by molar-refractivity contribution is 7.99. The minimum Gasteiger partial charge on any atom is -0.480 e. The molecule has 1 aromatic heterocycles. The highest BCUT2D eigenvalue weighted by atomic mass is 32.2. The van der Waals surface area contributed by atoms with Gasteiger partial charge in [0.05, 0.1) is 5.75 Å². The number of aliphatic carboxylic acids is 1. The number of benzene rings is 1. The normalized spacial score (nSPS) is 12.2. The van der Waals surface area contributed by atoms with Crippen molar-refractivity contribution in [3.05, 3.63) is 47.6 Å². The number of thioether (sulfide) groups is 1. The molecule has 0 spiro atoms. The summed E-state index contributed by atoms with van der Waals surface area (Å²) >= 11 is 1.32. The summed E-state index contributed by atoms with van der Waals surface area (Å²) in [5.41, 5.74) is 1.01. The standard InChI is InChI=1S/C15H18N2O3S/c1-2-6-14-16-13(17-20-14)10-21-12(15(18)19)9-11-7-4-3-5-8-11/h3-5,7-8,12H,2,6,9-10H2,1H3,(H,18,19). The molecular formula is C15H18N2O3S. The lowest BCUT2D eigenvalue weighted by atomic mass is 10.1. The Morgan fingerprint density at radius 3 is 2.81 bits per heavy atom. The minimum atomic E-state index is -0.818. The number of carboxylic acid groups (broad SMARTS) is 1. The summed E-state index contributed by atoms with van der Waals surface area (Å²) in [5.74, 6) is 0.795. The third-order valence-electron chi connectivity index (χ3n) is 2.93. The van der Waals surface area contributed by atoms with E-state index in [9.17, 15) is 9.90 Å². The van der Waals surface area contributed by atoms with Crippen LogP contribution >= 0.6 is 11.8 Å². The van der Waals surface area contributed by atoms with Crippen LogP contribution in [0.25, 0.3) is 0 Å². The molecule has 5 nitrogen and oxygen atoms in total. The quantitative estimate of drug-likeness (QED) is 0.808. The molecule has 1 heterocycles. The van der Waals surface area contributed by atoms with Gasteiger partial charge in [0.15, 0.2) is 5.82 Å². The van der Waals surface area contributed by atoms with Gasteiger partial charge in [0, 0.05) is 6.42 Å². The predicted molar refractivity (Wildman–Crippen MR) is 81.2 cm³/mol. The maximum Gasteiger partial charge on any atom is 0.316 e. The average Bonchev–Trinajstić information content (AvgIpc) is 2.92. The van der Waals surface area contributed by atoms with Crippen molar-refractivity contribution in [1.82, 2.24) is 10.1 Å². The van der Waals surface area contributed by atoms with E-state index in [1.54, 1.807) is 0 Å². The second-order valence-corrected chi connectivity index (χ2v) is 5.87. The van der Waals surface area contributed by atoms with E-state index in [4.69, 9.17) is 4.52 Å². The molecule has 1 N–H and O–H groups in total. The summed E-state index contributed by atoms with van der Waals surface area (Å²) in [5, 5.41) is 12.7. The van der Waals surface area contributed by atoms with Gasteiger partial charge in [-0.2, -0.15) is 4.98 Å². The summed E-state index contributed by atoms with van der Waals surface area (Å²) < 4.78 is 5.09. The Morgan fingerprint density at radius 1 is 1.38 bits per heavy atom. The van der Waals surface area contributed by atoms with Crippen LogP contribution in [0.15, 0.2) is 34.9 Å². The molecule has 0 radical (unpaired) electrons. The zero-order valence-electron chi connectivity index (χ0n) is 11.9. The van der Waals surface area contributed by atoms with Gasteiger partial charge < -0.3 is 9.63 Å². The summed E-state index contributed by atoms with van der Waals surface area (Å²) in [6.07, 6.45) is 2.19. The molecule has 0 amide bonds. The Morgan fingerprint density at radius 2 is 2.14 bits per heavy atom. The van der Waals surface area contributed by atoms with E-state index in [0.29, 0.717) is 23.9 Å². The molecule has 0 saturated carbocycles. The summed E-state index contributed by atoms with van der Waals surface area (Å²) in [6.45, 7) is 2.04. The molecule has 6 heteroatoms. The fourth-order valence-electron chi connectivity index (χ4n) is 1.89. The lowest BCUT2D eigenvalue weighted by Crippen LogP contribution is -2.19. The van der Waals surface area contributed by atoms with Gasteiger partial charge in [-0.15, -0.1) is 11.8 Å². The van der Waals surface area contributed by atoms with Crippen LogP contribution in [0.4, 0.5) is 0 Å². The van der Waals surface area contributed by atoms with E-state index in [-0.39, 0.29) is 0 Å². The Labute approximate surface area is 127 Å². The highest BCUT2D eigenvalue weighted by Crippen LogP contribution is 2.20. The zero-order valence-corrected chi connectivity index (χ0v) is 12.7. The molecule has 2 rings (SSSR count). The molecule has 112 valence electrons. The van der Waals surface area contributed by atoms with Gasteiger partial charge in [0.25, 0.3) is 0 Å². The Bertz CT molecular complexity index is 571. The van der Waals surface area contributed by atoms with E-state index in [2.05, 4.69) is 10.1 Å². The second-order valence-electron chi connectivity index (χ2n) is 4.68. The number of rotatable bonds is 8. The smallest absolute Gasteiger partial charge is 0.316 e. The first-order chi connectivity index (χ1) is 10.2. The van der Waals surface area contributed by atoms with Crippen LogP contribution in [0.5, 0.6) is 0 Å². The topological polar surface area (TPSA) is 76.2 Å². The maximum atomic E-state index is 11.3. The number of aromatic nitrogens is 2. The van der Waals surface area contributed by atoms with Gasteiger partial charge >= 0.3 is 5.97 Å². The van der Waals surface area contributed by atoms with E-state index in [1.165, 1.54) is 11.8 Å². The molecule has 0 saturated heterocycles. The molecule has 21 heavy (non-hydrogen) atoms. The summed E-state index contributed by atoms with van der Waals surface area (Å²) in [4.78, 5) is 15.6. The number of carboxylic acids is 1. The number of hydrogen-bond donors (Lipinski definition) is 1. The van der Waals surface area contributed by atoms with Gasteiger partial charge in [-0.05, 0) is 18.4 Å². The van der Waals surface area contributed by atoms with Crippen LogP contribution in [-0.2, 0) is 23.4 Å². The van der Waals surface area contributed by atoms with E-state index >= 15 is 0 Å². The number of nitrogens with zero attached hydrogens (tertiary/aromatic N) is 2. The fourth-order valence-corrected chi connectivity index (χ4v) is 2.81. The molecule has 0 aliphatic carbocycles. The van der Waals surface area contributed by atoms with Crippen molar-refractivity contribution < 1.29 is 14.4 Å². The lowest BCUT2D eigenvalue weighted by Gasteiger charge is -2.10. The Balaban J connectivity index is 1.92. The first-order valence-corrected chi connectivity index (χ1v) is 7.93. The minimum absolute atomic E-state index is 0.441. The summed E-state index contributed by atoms with van der Waals surface area (Å²) in [6, 6.07) is 9.61. The molecule has 2 aromatic rings. The fraction of sp³-hybridized carbons (Fsp3) is 0.400. The van der Waals surface area contributed by atoms with Crippen molar-refractivity contribution in [3.63, 3.8) is 0 Å². The van der Waals surface area contributed by atoms with Gasteiger partial charge in [-0.1, -0.05) is 42.4 Å². The van der Waals surface area contributed by atoms with Crippen LogP contribution in [0.1, 0.15) is 30.6 Å². The van der Waals surface area contributed by atoms with Crippen LogP contribution in [-0.4, -0.2) is 26.5 Å². The second kappa shape index (κ2) is 7.83. The van der Waals surface area contributed by atoms with Crippen LogP contribution in [0.2, 0.25) is 0 Å². The molecular weight excluding hydrogens is 288 g/mol. The van der Waals surface area contributed by atoms with E-state index in [0.717, 1.165) is 18.4 Å². The molecule has 1 atom stereocenters. The van der Waals surface area contributed by atoms with E-state index < -0.39 is 11.2 Å². The summed E-state index contributed by atoms with van der Waals surface area (Å²) in [7, 11) is 0. The van der Waals surface area contributed by atoms with Gasteiger partial charge in [-0.25, -0.2) is 0 Å². The number of hydrogen-bond acceptors (Lipinski definition) is 5. The SMILES string of the molecule is CCCc1nc(CSC(Cc2ccccc2)C(=O)O)no1. The van der Waals surface area contributed by atoms with Crippen LogP contribution in [0.3, 0.4) is 0 Å². The van der Waals surface area contributed by atoms with Crippen LogP contribution < -0.4 is 0 Å². The molecule has 0 bridgehead atoms. The highest BCUT2D eigenvalue weighted by Gasteiger charge is 2.19. The average molecular weight is 306 g/mol. The van der Waals surface area contributed by atoms with Crippen molar-refractivity contribution in [3.8, 4) is 0 Å². The zero-order chi connectivity index (χ0) is 15.1. The number of carbonyl (C=O) groups is 1. The molecule has 1 unspecified atom stereocenters. The first-order valence-electron chi connectivity index (χ1n) is 6.89. The monoisotopic (exact) mass is 306 g/mol. The van der Waals surface area contributed by atoms with Gasteiger partial charge in [0.2, 0.25) is 5.89 Å². The van der Waals surface area contributed by atoms with Crippen LogP contribution in [0, 0.1) is 0 Å². The van der Waals surface area contributed by atoms with E-state index in [1.807, 2.05) is 37.3 Å². The largest absolute Gasteiger partial charge is 0.480 e. The van der Waals surface area contributed by atoms with Gasteiger partial charge in [-0.3, -0.25) is 4.79 Å². The van der Waals surface area contributed by atoms with Crippen molar-refractivity contribution >= 4 is 17.7 Å². The first kappa shape index (κ1) is 15.6. The third kappa shape index (κ3) is 4.90. The van der Waals surface area contributed by atoms with Crippen molar-refractivity contribution in [1.29, 1.82) is 0 Å². The molecule has 0 aliphatic rings. The van der Waals surface area contributed by atoms with Crippen molar-refractivity contribution in [2.24, 2.45) is 0 Å². The van der Waals surface area contributed by atoms with Gasteiger partial charge in [0.1, 0.15) is 5.25 Å². The molecule has 1 aromatic carbocycles. The molecule has 0 fully saturated rings. The lowest BCUT2D eigenvalue weighted by molar-refractivity contribution is -0.136. The van der Waals surface area contributed by atoms with Crippen molar-refractivity contribution in [2.75, 3.05) is 0 Å². The molecule has 0 aliphatic heterocycles. The predicted octanol–water partition coefficient (Wildman–Crippen LogP) is 2.95. The van der Waals surface area contributed by atoms with Crippen molar-refractivity contribution in [2.45, 2.75) is 37.2 Å². The maximum absolute atomic E-state index is 11.3.